The van der Waals surface area contributed by atoms with Crippen LogP contribution in [0, 0.1) is 0 Å². The second-order valence-electron chi connectivity index (χ2n) is 11.6. The van der Waals surface area contributed by atoms with Crippen molar-refractivity contribution in [1.29, 1.82) is 0 Å². The van der Waals surface area contributed by atoms with Crippen LogP contribution in [0.5, 0.6) is 0 Å². The molecule has 0 radical (unpaired) electrons. The third-order valence-electron chi connectivity index (χ3n) is 5.50. The molecule has 0 unspecified atom stereocenters. The fourth-order valence-corrected chi connectivity index (χ4v) is 20.9. The lowest BCUT2D eigenvalue weighted by molar-refractivity contribution is 0.783. The van der Waals surface area contributed by atoms with Crippen molar-refractivity contribution < 1.29 is 0 Å². The average molecular weight is 514 g/mol. The summed E-state index contributed by atoms with van der Waals surface area (Å²) in [6.45, 7) is 35.9. The van der Waals surface area contributed by atoms with Crippen LogP contribution in [0.15, 0.2) is 0 Å². The molecule has 0 bridgehead atoms. The van der Waals surface area contributed by atoms with Gasteiger partial charge >= 0.3 is 0 Å². The maximum absolute atomic E-state index is 2.63. The van der Waals surface area contributed by atoms with Gasteiger partial charge in [0.1, 0.15) is 24.7 Å². The van der Waals surface area contributed by atoms with Gasteiger partial charge in [-0.3, -0.25) is 0 Å². The van der Waals surface area contributed by atoms with E-state index in [1.54, 1.807) is 0 Å². The second kappa shape index (κ2) is 15.5. The van der Waals surface area contributed by atoms with Gasteiger partial charge in [0.05, 0.1) is 26.9 Å². The first-order chi connectivity index (χ1) is 11.6. The Bertz CT molecular complexity index is 320. The van der Waals surface area contributed by atoms with Crippen molar-refractivity contribution in [2.75, 3.05) is 21.1 Å². The molecule has 28 heavy (non-hydrogen) atoms. The van der Waals surface area contributed by atoms with E-state index >= 15 is 0 Å². The van der Waals surface area contributed by atoms with Gasteiger partial charge in [-0.15, -0.1) is 0 Å². The van der Waals surface area contributed by atoms with Gasteiger partial charge in [-0.25, -0.2) is 0 Å². The van der Waals surface area contributed by atoms with Crippen molar-refractivity contribution in [2.45, 2.75) is 98.2 Å². The molecule has 0 aliphatic rings. The summed E-state index contributed by atoms with van der Waals surface area (Å²) in [5.41, 5.74) is 0. The van der Waals surface area contributed by atoms with Gasteiger partial charge in [-0.1, -0.05) is 98.2 Å². The minimum atomic E-state index is -0.929. The topological polar surface area (TPSA) is 9.72 Å². The molecule has 0 rings (SSSR count). The van der Waals surface area contributed by atoms with Crippen LogP contribution in [0.4, 0.5) is 0 Å². The zero-order valence-electron chi connectivity index (χ0n) is 22.6. The van der Waals surface area contributed by atoms with Crippen LogP contribution >= 0.6 is 0 Å². The first-order valence-corrected chi connectivity index (χ1v) is 29.6. The Morgan fingerprint density at radius 1 is 0.393 bits per heavy atom. The Kier molecular flexibility index (Phi) is 20.5. The third-order valence-corrected chi connectivity index (χ3v) is 28.1. The molecule has 0 aliphatic carbocycles. The highest BCUT2D eigenvalue weighted by Gasteiger charge is 2.23. The van der Waals surface area contributed by atoms with Crippen molar-refractivity contribution in [3.8, 4) is 0 Å². The van der Waals surface area contributed by atoms with Gasteiger partial charge in [-0.05, 0) is 21.1 Å². The van der Waals surface area contributed by atoms with Crippen LogP contribution in [0.2, 0.25) is 98.2 Å². The average Bonchev–Trinajstić information content (AvgIpc) is 2.42. The summed E-state index contributed by atoms with van der Waals surface area (Å²) in [5.74, 6) is 0. The van der Waals surface area contributed by atoms with E-state index in [9.17, 15) is 0 Å². The van der Waals surface area contributed by atoms with E-state index < -0.39 is 51.6 Å². The van der Waals surface area contributed by atoms with E-state index in [-0.39, 0.29) is 17.4 Å². The van der Waals surface area contributed by atoms with Gasteiger partial charge in [0.15, 0.2) is 17.4 Å². The van der Waals surface area contributed by atoms with E-state index in [0.717, 1.165) is 0 Å². The maximum atomic E-state index is 2.63. The Morgan fingerprint density at radius 2 is 0.500 bits per heavy atom. The Hall–Kier alpha value is 1.71. The number of hydrogen-bond acceptors (Lipinski definition) is 3. The van der Waals surface area contributed by atoms with Crippen LogP contribution in [-0.4, -0.2) is 103 Å². The summed E-state index contributed by atoms with van der Waals surface area (Å²) in [6, 6.07) is 0. The predicted octanol–water partition coefficient (Wildman–Crippen LogP) is 4.03. The lowest BCUT2D eigenvalue weighted by atomic mass is 11.6. The molecule has 10 heteroatoms. The van der Waals surface area contributed by atoms with Gasteiger partial charge in [0, 0.05) is 0 Å². The summed E-state index contributed by atoms with van der Waals surface area (Å²) in [5, 5.41) is 0. The lowest BCUT2D eigenvalue weighted by Crippen LogP contribution is -2.49. The quantitative estimate of drug-likeness (QED) is 0.496. The SMILES string of the molecule is CN([SiH](C)C)[Si](C)(C)C.CN([SiH](C)C)[Si](C)(C)C.CN([SiH](C)C)[Si](C)(C)C.[AlH3]. The highest BCUT2D eigenvalue weighted by atomic mass is 28.4. The predicted molar refractivity (Wildman–Crippen MR) is 160 cm³/mol. The summed E-state index contributed by atoms with van der Waals surface area (Å²) in [6.07, 6.45) is 0. The molecule has 0 amide bonds. The van der Waals surface area contributed by atoms with Gasteiger partial charge in [0.2, 0.25) is 0 Å². The highest BCUT2D eigenvalue weighted by Crippen LogP contribution is 2.09. The van der Waals surface area contributed by atoms with Gasteiger partial charge in [0.25, 0.3) is 0 Å². The largest absolute Gasteiger partial charge is 0.351 e. The smallest absolute Gasteiger partial charge is 0.187 e. The Balaban J connectivity index is -0.000000152. The lowest BCUT2D eigenvalue weighted by Gasteiger charge is -2.33. The van der Waals surface area contributed by atoms with Gasteiger partial charge < -0.3 is 12.7 Å². The maximum Gasteiger partial charge on any atom is 0.187 e. The molecule has 3 nitrogen and oxygen atoms in total. The van der Waals surface area contributed by atoms with Crippen LogP contribution < -0.4 is 0 Å². The minimum absolute atomic E-state index is 0. The van der Waals surface area contributed by atoms with E-state index in [4.69, 9.17) is 0 Å². The summed E-state index contributed by atoms with van der Waals surface area (Å²) in [7, 11) is 2.57. The zero-order chi connectivity index (χ0) is 23.0. The second-order valence-corrected chi connectivity index (χ2v) is 37.2. The molecule has 0 saturated carbocycles. The third kappa shape index (κ3) is 19.7. The van der Waals surface area contributed by atoms with E-state index in [1.165, 1.54) is 0 Å². The molecule has 0 saturated heterocycles. The van der Waals surface area contributed by atoms with Crippen molar-refractivity contribution in [3.05, 3.63) is 0 Å². The highest BCUT2D eigenvalue weighted by molar-refractivity contribution is 6.83. The Morgan fingerprint density at radius 3 is 0.500 bits per heavy atom. The molecular formula is C18H60AlN3Si6. The number of hydrogen-bond donors (Lipinski definition) is 0. The molecule has 0 fully saturated rings. The Labute approximate surface area is 200 Å². The minimum Gasteiger partial charge on any atom is -0.351 e. The molecule has 0 aromatic carbocycles. The monoisotopic (exact) mass is 513 g/mol. The van der Waals surface area contributed by atoms with Crippen LogP contribution in [0.25, 0.3) is 0 Å². The molecule has 0 atom stereocenters. The van der Waals surface area contributed by atoms with Crippen molar-refractivity contribution in [3.63, 3.8) is 0 Å². The van der Waals surface area contributed by atoms with Crippen LogP contribution in [0.1, 0.15) is 0 Å². The summed E-state index contributed by atoms with van der Waals surface area (Å²) < 4.78 is 7.90. The molecule has 174 valence electrons. The summed E-state index contributed by atoms with van der Waals surface area (Å²) >= 11 is 0. The van der Waals surface area contributed by atoms with E-state index in [2.05, 4.69) is 132 Å². The molecule has 0 aliphatic heterocycles. The summed E-state index contributed by atoms with van der Waals surface area (Å²) in [4.78, 5) is 0. The molecule has 0 spiro atoms. The first kappa shape index (κ1) is 37.1. The standard InChI is InChI=1S/3C6H19NSi2.Al.3H/c3*1-7(8(2)3)9(4,5)6;;;;/h3*8H,1-6H3;;;;. The zero-order valence-corrected chi connectivity index (χ0v) is 29.0. The number of nitrogens with zero attached hydrogens (tertiary/aromatic N) is 3. The van der Waals surface area contributed by atoms with Crippen molar-refractivity contribution in [1.82, 2.24) is 12.7 Å². The molecule has 0 aromatic rings. The first-order valence-electron chi connectivity index (χ1n) is 10.8. The van der Waals surface area contributed by atoms with Crippen molar-refractivity contribution in [2.24, 2.45) is 0 Å². The van der Waals surface area contributed by atoms with Crippen LogP contribution in [0.3, 0.4) is 0 Å². The normalized spacial score (nSPS) is 12.9. The molecule has 0 aromatic heterocycles. The fourth-order valence-electron chi connectivity index (χ4n) is 2.32. The molecular weight excluding hydrogens is 454 g/mol. The molecule has 0 heterocycles. The van der Waals surface area contributed by atoms with Crippen LogP contribution in [-0.2, 0) is 0 Å². The van der Waals surface area contributed by atoms with E-state index in [0.29, 0.717) is 0 Å². The van der Waals surface area contributed by atoms with Gasteiger partial charge in [-0.2, -0.15) is 0 Å². The fraction of sp³-hybridized carbons (Fsp3) is 1.00. The number of rotatable bonds is 6. The van der Waals surface area contributed by atoms with E-state index in [1.807, 2.05) is 0 Å². The van der Waals surface area contributed by atoms with Crippen molar-refractivity contribution >= 4 is 68.9 Å². The molecule has 0 N–H and O–H groups in total.